The molecule has 0 aliphatic heterocycles. The van der Waals surface area contributed by atoms with Gasteiger partial charge in [0.2, 0.25) is 0 Å². The van der Waals surface area contributed by atoms with E-state index in [1.165, 1.54) is 17.7 Å². The molecule has 0 radical (unpaired) electrons. The topological polar surface area (TPSA) is 26.5 Å². The number of hydrogen-bond acceptors (Lipinski definition) is 2. The molecule has 3 nitrogen and oxygen atoms in total. The van der Waals surface area contributed by atoms with Gasteiger partial charge in [-0.05, 0) is 37.3 Å². The van der Waals surface area contributed by atoms with E-state index in [9.17, 15) is 4.39 Å². The van der Waals surface area contributed by atoms with Crippen LogP contribution in [-0.4, -0.2) is 9.38 Å². The number of benzene rings is 2. The van der Waals surface area contributed by atoms with Gasteiger partial charge in [-0.3, -0.25) is 0 Å². The maximum Gasteiger partial charge on any atom is 0.137 e. The zero-order valence-electron chi connectivity index (χ0n) is 13.8. The van der Waals surface area contributed by atoms with Gasteiger partial charge in [0, 0.05) is 23.5 Å². The fourth-order valence-electron chi connectivity index (χ4n) is 2.68. The lowest BCUT2D eigenvalue weighted by molar-refractivity contribution is 0.305. The summed E-state index contributed by atoms with van der Waals surface area (Å²) in [6.45, 7) is 2.49. The van der Waals surface area contributed by atoms with E-state index in [0.29, 0.717) is 12.4 Å². The van der Waals surface area contributed by atoms with Gasteiger partial charge >= 0.3 is 0 Å². The smallest absolute Gasteiger partial charge is 0.137 e. The van der Waals surface area contributed by atoms with Gasteiger partial charge in [-0.2, -0.15) is 0 Å². The van der Waals surface area contributed by atoms with Crippen molar-refractivity contribution in [2.45, 2.75) is 13.5 Å². The van der Waals surface area contributed by atoms with Crippen molar-refractivity contribution in [2.75, 3.05) is 0 Å². The molecule has 0 saturated carbocycles. The third kappa shape index (κ3) is 3.38. The average Bonchev–Trinajstić information content (AvgIpc) is 3.05. The molecule has 0 saturated heterocycles. The van der Waals surface area contributed by atoms with Crippen LogP contribution >= 0.6 is 0 Å². The van der Waals surface area contributed by atoms with Gasteiger partial charge in [-0.25, -0.2) is 9.37 Å². The molecule has 0 unspecified atom stereocenters. The lowest BCUT2D eigenvalue weighted by atomic mass is 10.1. The van der Waals surface area contributed by atoms with Crippen molar-refractivity contribution in [3.8, 4) is 17.0 Å². The maximum absolute atomic E-state index is 12.9. The van der Waals surface area contributed by atoms with E-state index in [-0.39, 0.29) is 5.82 Å². The van der Waals surface area contributed by atoms with Crippen molar-refractivity contribution >= 4 is 5.65 Å². The quantitative estimate of drug-likeness (QED) is 0.524. The minimum absolute atomic E-state index is 0.268. The van der Waals surface area contributed by atoms with Crippen LogP contribution in [0.1, 0.15) is 11.1 Å². The molecule has 0 bridgehead atoms. The van der Waals surface area contributed by atoms with Gasteiger partial charge in [0.15, 0.2) is 0 Å². The lowest BCUT2D eigenvalue weighted by Crippen LogP contribution is -1.97. The summed E-state index contributed by atoms with van der Waals surface area (Å²) in [7, 11) is 0. The van der Waals surface area contributed by atoms with E-state index < -0.39 is 0 Å². The fraction of sp³-hybridized carbons (Fsp3) is 0.0952. The van der Waals surface area contributed by atoms with E-state index in [1.807, 2.05) is 28.9 Å². The first kappa shape index (κ1) is 15.4. The molecule has 2 aromatic carbocycles. The predicted octanol–water partition coefficient (Wildman–Crippen LogP) is 5.03. The predicted molar refractivity (Wildman–Crippen MR) is 96.1 cm³/mol. The Balaban J connectivity index is 1.55. The number of aryl methyl sites for hydroxylation is 1. The highest BCUT2D eigenvalue weighted by atomic mass is 19.1. The number of fused-ring (bicyclic) bond motifs is 1. The van der Waals surface area contributed by atoms with Crippen LogP contribution in [0, 0.1) is 12.7 Å². The van der Waals surface area contributed by atoms with E-state index in [2.05, 4.69) is 36.2 Å². The molecule has 0 spiro atoms. The van der Waals surface area contributed by atoms with Gasteiger partial charge in [0.1, 0.15) is 23.8 Å². The number of ether oxygens (including phenoxy) is 1. The molecule has 0 amide bonds. The molecule has 2 aromatic heterocycles. The first-order valence-electron chi connectivity index (χ1n) is 8.10. The molecule has 25 heavy (non-hydrogen) atoms. The average molecular weight is 332 g/mol. The van der Waals surface area contributed by atoms with Crippen molar-refractivity contribution in [1.29, 1.82) is 0 Å². The molecule has 4 rings (SSSR count). The zero-order chi connectivity index (χ0) is 17.2. The van der Waals surface area contributed by atoms with Crippen molar-refractivity contribution in [2.24, 2.45) is 0 Å². The summed E-state index contributed by atoms with van der Waals surface area (Å²) in [5.41, 5.74) is 5.17. The lowest BCUT2D eigenvalue weighted by Gasteiger charge is -2.06. The van der Waals surface area contributed by atoms with Crippen molar-refractivity contribution < 1.29 is 9.13 Å². The molecule has 0 N–H and O–H groups in total. The molecule has 4 heteroatoms. The van der Waals surface area contributed by atoms with Crippen LogP contribution in [0.2, 0.25) is 0 Å². The zero-order valence-corrected chi connectivity index (χ0v) is 13.8. The third-order valence-electron chi connectivity index (χ3n) is 4.08. The standard InChI is InChI=1S/C21H17FN2O/c1-15-2-5-17(6-3-15)20-13-24-12-16(4-11-21(24)23-20)14-25-19-9-7-18(22)8-10-19/h2-13H,14H2,1H3. The Hall–Kier alpha value is -3.14. The monoisotopic (exact) mass is 332 g/mol. The Labute approximate surface area is 145 Å². The minimum Gasteiger partial charge on any atom is -0.489 e. The second kappa shape index (κ2) is 6.40. The highest BCUT2D eigenvalue weighted by Gasteiger charge is 2.05. The largest absolute Gasteiger partial charge is 0.489 e. The van der Waals surface area contributed by atoms with Crippen LogP contribution in [-0.2, 0) is 6.61 Å². The molecule has 2 heterocycles. The summed E-state index contributed by atoms with van der Waals surface area (Å²) >= 11 is 0. The number of rotatable bonds is 4. The van der Waals surface area contributed by atoms with Crippen molar-refractivity contribution in [1.82, 2.24) is 9.38 Å². The molecular weight excluding hydrogens is 315 g/mol. The van der Waals surface area contributed by atoms with Crippen molar-refractivity contribution in [3.63, 3.8) is 0 Å². The van der Waals surface area contributed by atoms with Crippen LogP contribution in [0.5, 0.6) is 5.75 Å². The van der Waals surface area contributed by atoms with Crippen LogP contribution in [0.25, 0.3) is 16.9 Å². The molecule has 0 aliphatic carbocycles. The molecule has 0 aliphatic rings. The van der Waals surface area contributed by atoms with Crippen LogP contribution in [0.4, 0.5) is 4.39 Å². The van der Waals surface area contributed by atoms with Crippen LogP contribution in [0.15, 0.2) is 73.1 Å². The maximum atomic E-state index is 12.9. The number of halogens is 1. The Bertz CT molecular complexity index is 1000. The Morgan fingerprint density at radius 3 is 2.44 bits per heavy atom. The number of aromatic nitrogens is 2. The fourth-order valence-corrected chi connectivity index (χ4v) is 2.68. The molecule has 124 valence electrons. The van der Waals surface area contributed by atoms with Gasteiger partial charge in [-0.15, -0.1) is 0 Å². The molecular formula is C21H17FN2O. The number of imidazole rings is 1. The number of pyridine rings is 1. The highest BCUT2D eigenvalue weighted by Crippen LogP contribution is 2.20. The molecule has 0 atom stereocenters. The van der Waals surface area contributed by atoms with Gasteiger partial charge in [0.05, 0.1) is 5.69 Å². The first-order chi connectivity index (χ1) is 12.2. The number of hydrogen-bond donors (Lipinski definition) is 0. The summed E-state index contributed by atoms with van der Waals surface area (Å²) in [4.78, 5) is 4.66. The molecule has 4 aromatic rings. The minimum atomic E-state index is -0.268. The van der Waals surface area contributed by atoms with Crippen LogP contribution < -0.4 is 4.74 Å². The normalized spacial score (nSPS) is 11.0. The van der Waals surface area contributed by atoms with Gasteiger partial charge in [0.25, 0.3) is 0 Å². The summed E-state index contributed by atoms with van der Waals surface area (Å²) in [5, 5.41) is 0. The summed E-state index contributed by atoms with van der Waals surface area (Å²) < 4.78 is 20.6. The van der Waals surface area contributed by atoms with Crippen LogP contribution in [0.3, 0.4) is 0 Å². The third-order valence-corrected chi connectivity index (χ3v) is 4.08. The Morgan fingerprint density at radius 1 is 0.920 bits per heavy atom. The van der Waals surface area contributed by atoms with Crippen molar-refractivity contribution in [3.05, 3.63) is 90.0 Å². The SMILES string of the molecule is Cc1ccc(-c2cn3cc(COc4ccc(F)cc4)ccc3n2)cc1. The van der Waals surface area contributed by atoms with E-state index in [1.54, 1.807) is 12.1 Å². The number of nitrogens with zero attached hydrogens (tertiary/aromatic N) is 2. The van der Waals surface area contributed by atoms with E-state index in [4.69, 9.17) is 4.74 Å². The molecule has 0 fully saturated rings. The van der Waals surface area contributed by atoms with Gasteiger partial charge < -0.3 is 9.14 Å². The Morgan fingerprint density at radius 2 is 1.68 bits per heavy atom. The summed E-state index contributed by atoms with van der Waals surface area (Å²) in [6.07, 6.45) is 4.02. The van der Waals surface area contributed by atoms with Gasteiger partial charge in [-0.1, -0.05) is 35.9 Å². The van der Waals surface area contributed by atoms with E-state index in [0.717, 1.165) is 22.5 Å². The second-order valence-corrected chi connectivity index (χ2v) is 6.04. The summed E-state index contributed by atoms with van der Waals surface area (Å²) in [5.74, 6) is 0.378. The highest BCUT2D eigenvalue weighted by molar-refractivity contribution is 5.63. The summed E-state index contributed by atoms with van der Waals surface area (Å²) in [6, 6.07) is 18.3. The second-order valence-electron chi connectivity index (χ2n) is 6.04. The first-order valence-corrected chi connectivity index (χ1v) is 8.10. The van der Waals surface area contributed by atoms with E-state index >= 15 is 0 Å². The Kier molecular flexibility index (Phi) is 3.94.